The van der Waals surface area contributed by atoms with Gasteiger partial charge in [-0.1, -0.05) is 28.4 Å². The van der Waals surface area contributed by atoms with Crippen molar-refractivity contribution in [2.24, 2.45) is 5.41 Å². The predicted molar refractivity (Wildman–Crippen MR) is 87.6 cm³/mol. The molecule has 116 valence electrons. The largest absolute Gasteiger partial charge is 0.458 e. The maximum Gasteiger partial charge on any atom is 0.338 e. The summed E-state index contributed by atoms with van der Waals surface area (Å²) in [5.74, 6) is -0.0399. The van der Waals surface area contributed by atoms with Crippen molar-refractivity contribution < 1.29 is 14.3 Å². The molecule has 1 saturated carbocycles. The van der Waals surface area contributed by atoms with Gasteiger partial charge in [0.25, 0.3) is 0 Å². The molecule has 4 heteroatoms. The number of esters is 1. The zero-order valence-corrected chi connectivity index (χ0v) is 14.4. The fourth-order valence-corrected chi connectivity index (χ4v) is 3.97. The van der Waals surface area contributed by atoms with Crippen LogP contribution >= 0.6 is 15.9 Å². The molecule has 0 N–H and O–H groups in total. The highest BCUT2D eigenvalue weighted by molar-refractivity contribution is 9.10. The zero-order valence-electron chi connectivity index (χ0n) is 12.8. The number of hydrogen-bond donors (Lipinski definition) is 0. The lowest BCUT2D eigenvalue weighted by atomic mass is 9.71. The van der Waals surface area contributed by atoms with E-state index in [0.717, 1.165) is 29.3 Å². The fourth-order valence-electron chi connectivity index (χ4n) is 3.70. The van der Waals surface area contributed by atoms with Crippen LogP contribution < -0.4 is 0 Å². The molecule has 22 heavy (non-hydrogen) atoms. The second kappa shape index (κ2) is 5.65. The predicted octanol–water partition coefficient (Wildman–Crippen LogP) is 4.45. The number of allylic oxidation sites excluding steroid dienone is 1. The molecule has 0 spiro atoms. The Balaban J connectivity index is 1.81. The molecule has 1 aromatic rings. The van der Waals surface area contributed by atoms with E-state index < -0.39 is 0 Å². The molecule has 1 aromatic carbocycles. The van der Waals surface area contributed by atoms with Crippen LogP contribution in [0.3, 0.4) is 0 Å². The molecule has 0 aliphatic heterocycles. The summed E-state index contributed by atoms with van der Waals surface area (Å²) in [4.78, 5) is 24.2. The number of ketones is 1. The van der Waals surface area contributed by atoms with E-state index in [0.29, 0.717) is 12.0 Å². The first-order valence-electron chi connectivity index (χ1n) is 7.62. The van der Waals surface area contributed by atoms with Crippen molar-refractivity contribution in [3.8, 4) is 0 Å². The van der Waals surface area contributed by atoms with E-state index in [-0.39, 0.29) is 23.3 Å². The monoisotopic (exact) mass is 362 g/mol. The molecule has 0 heterocycles. The molecule has 2 aliphatic carbocycles. The third kappa shape index (κ3) is 2.54. The van der Waals surface area contributed by atoms with Crippen molar-refractivity contribution in [2.45, 2.75) is 45.6 Å². The van der Waals surface area contributed by atoms with Crippen LogP contribution in [0.2, 0.25) is 0 Å². The summed E-state index contributed by atoms with van der Waals surface area (Å²) in [6.07, 6.45) is 2.85. The van der Waals surface area contributed by atoms with Crippen LogP contribution in [0.25, 0.3) is 0 Å². The van der Waals surface area contributed by atoms with Gasteiger partial charge in [0.1, 0.15) is 6.10 Å². The van der Waals surface area contributed by atoms with Crippen molar-refractivity contribution in [1.29, 1.82) is 0 Å². The Bertz CT molecular complexity index is 659. The summed E-state index contributed by atoms with van der Waals surface area (Å²) in [5, 5.41) is 0. The van der Waals surface area contributed by atoms with Gasteiger partial charge >= 0.3 is 5.97 Å². The third-order valence-corrected chi connectivity index (χ3v) is 5.66. The molecule has 0 bridgehead atoms. The van der Waals surface area contributed by atoms with E-state index >= 15 is 0 Å². The highest BCUT2D eigenvalue weighted by Crippen LogP contribution is 2.51. The Kier molecular flexibility index (Phi) is 3.98. The van der Waals surface area contributed by atoms with Crippen LogP contribution in [0.4, 0.5) is 0 Å². The maximum absolute atomic E-state index is 12.4. The zero-order chi connectivity index (χ0) is 15.9. The summed E-state index contributed by atoms with van der Waals surface area (Å²) in [7, 11) is 0. The van der Waals surface area contributed by atoms with Crippen LogP contribution in [0.5, 0.6) is 0 Å². The highest BCUT2D eigenvalue weighted by atomic mass is 79.9. The van der Waals surface area contributed by atoms with Gasteiger partial charge in [-0.3, -0.25) is 4.79 Å². The molecular formula is C18H19BrO3. The Morgan fingerprint density at radius 1 is 1.27 bits per heavy atom. The summed E-state index contributed by atoms with van der Waals surface area (Å²) < 4.78 is 6.73. The standard InChI is InChI=1S/C18H19BrO3/c1-11-14-7-8-16(18(14,2)10-9-15(11)20)22-17(21)12-3-5-13(19)6-4-12/h3-6,16H,7-10H2,1-2H3/t16-,18-/m0/s1. The molecule has 2 aliphatic rings. The quantitative estimate of drug-likeness (QED) is 0.729. The van der Waals surface area contributed by atoms with E-state index in [1.807, 2.05) is 19.1 Å². The lowest BCUT2D eigenvalue weighted by molar-refractivity contribution is -0.117. The minimum absolute atomic E-state index is 0.137. The number of carbonyl (C=O) groups excluding carboxylic acids is 2. The number of fused-ring (bicyclic) bond motifs is 1. The number of rotatable bonds is 2. The molecule has 3 rings (SSSR count). The maximum atomic E-state index is 12.4. The first-order chi connectivity index (χ1) is 10.4. The van der Waals surface area contributed by atoms with Gasteiger partial charge in [0.05, 0.1) is 5.56 Å². The average Bonchev–Trinajstić information content (AvgIpc) is 2.82. The Labute approximate surface area is 138 Å². The molecular weight excluding hydrogens is 344 g/mol. The summed E-state index contributed by atoms with van der Waals surface area (Å²) in [6, 6.07) is 7.19. The van der Waals surface area contributed by atoms with Gasteiger partial charge in [-0.25, -0.2) is 4.79 Å². The van der Waals surface area contributed by atoms with Crippen LogP contribution in [-0.2, 0) is 9.53 Å². The van der Waals surface area contributed by atoms with Crippen molar-refractivity contribution >= 4 is 27.7 Å². The second-order valence-electron chi connectivity index (χ2n) is 6.38. The first-order valence-corrected chi connectivity index (χ1v) is 8.41. The molecule has 2 atom stereocenters. The van der Waals surface area contributed by atoms with Crippen molar-refractivity contribution in [2.75, 3.05) is 0 Å². The Morgan fingerprint density at radius 2 is 1.95 bits per heavy atom. The number of hydrogen-bond acceptors (Lipinski definition) is 3. The van der Waals surface area contributed by atoms with Crippen LogP contribution in [0.15, 0.2) is 39.9 Å². The van der Waals surface area contributed by atoms with Crippen LogP contribution in [0.1, 0.15) is 49.9 Å². The average molecular weight is 363 g/mol. The van der Waals surface area contributed by atoms with Gasteiger partial charge in [-0.05, 0) is 56.0 Å². The van der Waals surface area contributed by atoms with Crippen molar-refractivity contribution in [3.05, 3.63) is 45.4 Å². The highest BCUT2D eigenvalue weighted by Gasteiger charge is 2.48. The van der Waals surface area contributed by atoms with Gasteiger partial charge in [-0.15, -0.1) is 0 Å². The number of carbonyl (C=O) groups is 2. The topological polar surface area (TPSA) is 43.4 Å². The molecule has 0 saturated heterocycles. The van der Waals surface area contributed by atoms with E-state index in [9.17, 15) is 9.59 Å². The van der Waals surface area contributed by atoms with Crippen molar-refractivity contribution in [3.63, 3.8) is 0 Å². The van der Waals surface area contributed by atoms with E-state index in [1.165, 1.54) is 5.57 Å². The van der Waals surface area contributed by atoms with Crippen molar-refractivity contribution in [1.82, 2.24) is 0 Å². The summed E-state index contributed by atoms with van der Waals surface area (Å²) in [5.41, 5.74) is 2.46. The smallest absolute Gasteiger partial charge is 0.338 e. The molecule has 0 unspecified atom stereocenters. The summed E-state index contributed by atoms with van der Waals surface area (Å²) in [6.45, 7) is 4.04. The minimum Gasteiger partial charge on any atom is -0.458 e. The molecule has 0 amide bonds. The minimum atomic E-state index is -0.283. The normalized spacial score (nSPS) is 27.8. The number of halogens is 1. The van der Waals surface area contributed by atoms with Gasteiger partial charge in [0, 0.05) is 16.3 Å². The SMILES string of the molecule is CC1=C2CC[C@H](OC(=O)c3ccc(Br)cc3)[C@@]2(C)CCC1=O. The van der Waals surface area contributed by atoms with Gasteiger partial charge < -0.3 is 4.74 Å². The number of ether oxygens (including phenoxy) is 1. The van der Waals surface area contributed by atoms with Crippen LogP contribution in [-0.4, -0.2) is 17.9 Å². The Morgan fingerprint density at radius 3 is 2.64 bits per heavy atom. The van der Waals surface area contributed by atoms with Gasteiger partial charge in [0.15, 0.2) is 5.78 Å². The number of Topliss-reactive ketones (excluding diaryl/α,β-unsaturated/α-hetero) is 1. The lowest BCUT2D eigenvalue weighted by Gasteiger charge is -2.36. The molecule has 3 nitrogen and oxygen atoms in total. The Hall–Kier alpha value is -1.42. The third-order valence-electron chi connectivity index (χ3n) is 5.13. The van der Waals surface area contributed by atoms with Crippen LogP contribution in [0, 0.1) is 5.41 Å². The van der Waals surface area contributed by atoms with Gasteiger partial charge in [-0.2, -0.15) is 0 Å². The summed E-state index contributed by atoms with van der Waals surface area (Å²) >= 11 is 3.36. The number of benzene rings is 1. The molecule has 1 fully saturated rings. The van der Waals surface area contributed by atoms with Gasteiger partial charge in [0.2, 0.25) is 0 Å². The van der Waals surface area contributed by atoms with E-state index in [2.05, 4.69) is 22.9 Å². The fraction of sp³-hybridized carbons (Fsp3) is 0.444. The second-order valence-corrected chi connectivity index (χ2v) is 7.30. The first kappa shape index (κ1) is 15.5. The molecule has 0 radical (unpaired) electrons. The van der Waals surface area contributed by atoms with E-state index in [1.54, 1.807) is 12.1 Å². The molecule has 0 aromatic heterocycles. The van der Waals surface area contributed by atoms with E-state index in [4.69, 9.17) is 4.74 Å². The lowest BCUT2D eigenvalue weighted by Crippen LogP contribution is -2.36.